The topological polar surface area (TPSA) is 110 Å². The molecule has 12 heteroatoms. The molecule has 168 valence electrons. The molecule has 0 saturated heterocycles. The highest BCUT2D eigenvalue weighted by Crippen LogP contribution is 2.36. The first-order valence-corrected chi connectivity index (χ1v) is 9.14. The van der Waals surface area contributed by atoms with E-state index < -0.39 is 17.6 Å². The number of benzene rings is 1. The minimum Gasteiger partial charge on any atom is -0.481 e. The quantitative estimate of drug-likeness (QED) is 0.489. The summed E-state index contributed by atoms with van der Waals surface area (Å²) in [6, 6.07) is 9.31. The average Bonchev–Trinajstić information content (AvgIpc) is 2.73. The van der Waals surface area contributed by atoms with E-state index in [1.165, 1.54) is 39.3 Å². The van der Waals surface area contributed by atoms with Gasteiger partial charge in [0.25, 0.3) is 0 Å². The van der Waals surface area contributed by atoms with Gasteiger partial charge < -0.3 is 25.4 Å². The molecule has 0 spiro atoms. The van der Waals surface area contributed by atoms with Crippen LogP contribution in [0.15, 0.2) is 42.6 Å². The zero-order chi connectivity index (χ0) is 23.3. The number of anilines is 5. The Morgan fingerprint density at radius 1 is 0.969 bits per heavy atom. The highest BCUT2D eigenvalue weighted by Gasteiger charge is 2.35. The molecular formula is C20H19F3N6O3. The lowest BCUT2D eigenvalue weighted by molar-refractivity contribution is -0.137. The fraction of sp³-hybridized carbons (Fsp3) is 0.200. The van der Waals surface area contributed by atoms with Gasteiger partial charge in [-0.1, -0.05) is 12.1 Å². The molecule has 0 aliphatic carbocycles. The SMILES string of the molecule is COc1cc(Nc2ncc(C(F)(F)F)c(Nc3ccccc3NC(C)=O)n2)cc(OC)n1. The largest absolute Gasteiger partial charge is 0.481 e. The molecule has 0 unspecified atom stereocenters. The Morgan fingerprint density at radius 3 is 2.16 bits per heavy atom. The summed E-state index contributed by atoms with van der Waals surface area (Å²) in [7, 11) is 2.82. The molecule has 0 aliphatic heterocycles. The molecule has 0 aliphatic rings. The van der Waals surface area contributed by atoms with Crippen LogP contribution >= 0.6 is 0 Å². The van der Waals surface area contributed by atoms with Gasteiger partial charge in [-0.15, -0.1) is 0 Å². The van der Waals surface area contributed by atoms with Crippen molar-refractivity contribution in [2.24, 2.45) is 0 Å². The summed E-state index contributed by atoms with van der Waals surface area (Å²) in [4.78, 5) is 23.2. The van der Waals surface area contributed by atoms with Gasteiger partial charge >= 0.3 is 6.18 Å². The van der Waals surface area contributed by atoms with Gasteiger partial charge in [-0.25, -0.2) is 4.98 Å². The lowest BCUT2D eigenvalue weighted by Crippen LogP contribution is -2.14. The minimum atomic E-state index is -4.72. The second-order valence-electron chi connectivity index (χ2n) is 6.37. The number of rotatable bonds is 7. The van der Waals surface area contributed by atoms with E-state index in [4.69, 9.17) is 9.47 Å². The van der Waals surface area contributed by atoms with Crippen LogP contribution in [0.5, 0.6) is 11.8 Å². The van der Waals surface area contributed by atoms with Crippen LogP contribution in [0, 0.1) is 0 Å². The molecule has 2 heterocycles. The standard InChI is InChI=1S/C20H19F3N6O3/c1-11(30)25-14-6-4-5-7-15(14)27-18-13(20(21,22)23)10-24-19(29-18)26-12-8-16(31-2)28-17(9-12)32-3/h4-10H,1-3H3,(H,25,30)(H2,24,26,27,28,29). The number of pyridine rings is 1. The molecule has 3 rings (SSSR count). The number of methoxy groups -OCH3 is 2. The molecule has 3 N–H and O–H groups in total. The molecule has 0 fully saturated rings. The Bertz CT molecular complexity index is 1100. The first-order chi connectivity index (χ1) is 15.2. The van der Waals surface area contributed by atoms with Crippen molar-refractivity contribution in [2.45, 2.75) is 13.1 Å². The minimum absolute atomic E-state index is 0.118. The van der Waals surface area contributed by atoms with Gasteiger partial charge in [0.2, 0.25) is 23.6 Å². The van der Waals surface area contributed by atoms with Crippen molar-refractivity contribution in [3.05, 3.63) is 48.2 Å². The van der Waals surface area contributed by atoms with Crippen LogP contribution in [-0.2, 0) is 11.0 Å². The van der Waals surface area contributed by atoms with Crippen molar-refractivity contribution >= 4 is 34.7 Å². The number of alkyl halides is 3. The normalized spacial score (nSPS) is 10.9. The Kier molecular flexibility index (Phi) is 6.61. The van der Waals surface area contributed by atoms with Gasteiger partial charge in [-0.2, -0.15) is 23.1 Å². The predicted molar refractivity (Wildman–Crippen MR) is 112 cm³/mol. The van der Waals surface area contributed by atoms with Gasteiger partial charge in [-0.05, 0) is 12.1 Å². The number of amides is 1. The Balaban J connectivity index is 1.99. The maximum Gasteiger partial charge on any atom is 0.421 e. The van der Waals surface area contributed by atoms with E-state index in [0.717, 1.165) is 0 Å². The average molecular weight is 448 g/mol. The third-order valence-corrected chi connectivity index (χ3v) is 4.04. The molecule has 0 radical (unpaired) electrons. The van der Waals surface area contributed by atoms with E-state index >= 15 is 0 Å². The summed E-state index contributed by atoms with van der Waals surface area (Å²) in [5.41, 5.74) is -0.168. The molecule has 1 aromatic carbocycles. The van der Waals surface area contributed by atoms with E-state index in [1.54, 1.807) is 18.2 Å². The number of hydrogen-bond acceptors (Lipinski definition) is 8. The maximum atomic E-state index is 13.6. The zero-order valence-electron chi connectivity index (χ0n) is 17.2. The number of nitrogens with one attached hydrogen (secondary N) is 3. The van der Waals surface area contributed by atoms with E-state index in [2.05, 4.69) is 30.9 Å². The zero-order valence-corrected chi connectivity index (χ0v) is 17.2. The molecule has 9 nitrogen and oxygen atoms in total. The number of nitrogens with zero attached hydrogens (tertiary/aromatic N) is 3. The molecule has 2 aromatic heterocycles. The number of halogens is 3. The third kappa shape index (κ3) is 5.53. The van der Waals surface area contributed by atoms with Crippen molar-refractivity contribution in [3.63, 3.8) is 0 Å². The smallest absolute Gasteiger partial charge is 0.421 e. The molecular weight excluding hydrogens is 429 g/mol. The Hall–Kier alpha value is -4.09. The number of carbonyl (C=O) groups excluding carboxylic acids is 1. The number of carbonyl (C=O) groups is 1. The first kappa shape index (κ1) is 22.6. The molecule has 1 amide bonds. The molecule has 0 atom stereocenters. The highest BCUT2D eigenvalue weighted by atomic mass is 19.4. The van der Waals surface area contributed by atoms with E-state index in [9.17, 15) is 18.0 Å². The van der Waals surface area contributed by atoms with E-state index in [-0.39, 0.29) is 29.3 Å². The number of hydrogen-bond donors (Lipinski definition) is 3. The molecule has 32 heavy (non-hydrogen) atoms. The van der Waals surface area contributed by atoms with Crippen molar-refractivity contribution in [2.75, 3.05) is 30.2 Å². The van der Waals surface area contributed by atoms with Crippen LogP contribution in [-0.4, -0.2) is 35.1 Å². The van der Waals surface area contributed by atoms with Crippen LogP contribution in [0.3, 0.4) is 0 Å². The highest BCUT2D eigenvalue weighted by molar-refractivity contribution is 5.93. The summed E-state index contributed by atoms with van der Waals surface area (Å²) >= 11 is 0. The van der Waals surface area contributed by atoms with Crippen molar-refractivity contribution in [1.29, 1.82) is 0 Å². The number of para-hydroxylation sites is 2. The fourth-order valence-electron chi connectivity index (χ4n) is 2.65. The maximum absolute atomic E-state index is 13.6. The summed E-state index contributed by atoms with van der Waals surface area (Å²) < 4.78 is 50.9. The summed E-state index contributed by atoms with van der Waals surface area (Å²) in [6.45, 7) is 1.29. The van der Waals surface area contributed by atoms with Crippen molar-refractivity contribution in [1.82, 2.24) is 15.0 Å². The molecule has 0 saturated carbocycles. The van der Waals surface area contributed by atoms with Gasteiger partial charge in [0.15, 0.2) is 0 Å². The van der Waals surface area contributed by atoms with Gasteiger partial charge in [-0.3, -0.25) is 4.79 Å². The Morgan fingerprint density at radius 2 is 1.59 bits per heavy atom. The lowest BCUT2D eigenvalue weighted by atomic mass is 10.2. The number of aromatic nitrogens is 3. The van der Waals surface area contributed by atoms with Gasteiger partial charge in [0, 0.05) is 25.3 Å². The van der Waals surface area contributed by atoms with E-state index in [1.807, 2.05) is 0 Å². The van der Waals surface area contributed by atoms with Crippen molar-refractivity contribution in [3.8, 4) is 11.8 Å². The van der Waals surface area contributed by atoms with Crippen molar-refractivity contribution < 1.29 is 27.4 Å². The lowest BCUT2D eigenvalue weighted by Gasteiger charge is -2.17. The van der Waals surface area contributed by atoms with Crippen LogP contribution in [0.2, 0.25) is 0 Å². The summed E-state index contributed by atoms with van der Waals surface area (Å²) in [6.07, 6.45) is -4.05. The van der Waals surface area contributed by atoms with Gasteiger partial charge in [0.1, 0.15) is 11.4 Å². The van der Waals surface area contributed by atoms with Crippen LogP contribution < -0.4 is 25.4 Å². The van der Waals surface area contributed by atoms with Crippen LogP contribution in [0.4, 0.5) is 42.0 Å². The summed E-state index contributed by atoms with van der Waals surface area (Å²) in [5, 5.41) is 8.00. The second kappa shape index (κ2) is 9.37. The second-order valence-corrected chi connectivity index (χ2v) is 6.37. The van der Waals surface area contributed by atoms with Crippen LogP contribution in [0.1, 0.15) is 12.5 Å². The predicted octanol–water partition coefficient (Wildman–Crippen LogP) is 4.35. The summed E-state index contributed by atoms with van der Waals surface area (Å²) in [5.74, 6) is -0.544. The first-order valence-electron chi connectivity index (χ1n) is 9.14. The fourth-order valence-corrected chi connectivity index (χ4v) is 2.65. The number of ether oxygens (including phenoxy) is 2. The molecule has 0 bridgehead atoms. The molecule has 3 aromatic rings. The van der Waals surface area contributed by atoms with Crippen LogP contribution in [0.25, 0.3) is 0 Å². The monoisotopic (exact) mass is 448 g/mol. The van der Waals surface area contributed by atoms with Gasteiger partial charge in [0.05, 0.1) is 31.3 Å². The van der Waals surface area contributed by atoms with E-state index in [0.29, 0.717) is 17.6 Å². The third-order valence-electron chi connectivity index (χ3n) is 4.04. The Labute approximate surface area is 181 Å².